The number of carbonyl (C=O) groups excluding carboxylic acids is 2. The summed E-state index contributed by atoms with van der Waals surface area (Å²) >= 11 is 0. The van der Waals surface area contributed by atoms with Crippen LogP contribution in [0.15, 0.2) is 42.5 Å². The Morgan fingerprint density at radius 3 is 2.39 bits per heavy atom. The van der Waals surface area contributed by atoms with Crippen molar-refractivity contribution in [2.45, 2.75) is 20.0 Å². The number of amides is 2. The minimum Gasteiger partial charge on any atom is -0.490 e. The minimum atomic E-state index is -4.46. The van der Waals surface area contributed by atoms with Crippen LogP contribution in [-0.4, -0.2) is 25.5 Å². The Balaban J connectivity index is 1.82. The molecule has 8 heteroatoms. The van der Waals surface area contributed by atoms with Crippen molar-refractivity contribution >= 4 is 23.2 Å². The van der Waals surface area contributed by atoms with Crippen molar-refractivity contribution in [2.24, 2.45) is 5.41 Å². The van der Waals surface area contributed by atoms with Gasteiger partial charge in [0.1, 0.15) is 12.4 Å². The number of carbonyl (C=O) groups is 2. The van der Waals surface area contributed by atoms with Crippen molar-refractivity contribution in [1.29, 1.82) is 0 Å². The number of nitrogens with zero attached hydrogens (tertiary/aromatic N) is 1. The standard InChI is InChI=1S/C20H19F3N2O3/c1-19(2)11-28-16-9-8-14(10-15(16)25(3)18(19)27)24-17(26)12-4-6-13(7-5-12)20(21,22)23/h4-10H,11H2,1-3H3,(H,24,26). The zero-order valence-corrected chi connectivity index (χ0v) is 15.6. The molecule has 0 fully saturated rings. The molecule has 0 unspecified atom stereocenters. The van der Waals surface area contributed by atoms with Crippen LogP contribution in [0.4, 0.5) is 24.5 Å². The predicted molar refractivity (Wildman–Crippen MR) is 98.5 cm³/mol. The molecular weight excluding hydrogens is 373 g/mol. The van der Waals surface area contributed by atoms with Crippen molar-refractivity contribution in [3.8, 4) is 5.75 Å². The third-order valence-electron chi connectivity index (χ3n) is 4.52. The zero-order valence-electron chi connectivity index (χ0n) is 15.6. The topological polar surface area (TPSA) is 58.6 Å². The van der Waals surface area contributed by atoms with Crippen molar-refractivity contribution in [1.82, 2.24) is 0 Å². The Hall–Kier alpha value is -3.03. The van der Waals surface area contributed by atoms with Crippen molar-refractivity contribution in [3.05, 3.63) is 53.6 Å². The zero-order chi connectivity index (χ0) is 20.7. The highest BCUT2D eigenvalue weighted by Gasteiger charge is 2.36. The molecule has 0 aliphatic carbocycles. The molecule has 5 nitrogen and oxygen atoms in total. The molecule has 28 heavy (non-hydrogen) atoms. The molecule has 0 saturated heterocycles. The fourth-order valence-electron chi connectivity index (χ4n) is 2.88. The monoisotopic (exact) mass is 392 g/mol. The maximum atomic E-state index is 12.6. The first-order chi connectivity index (χ1) is 13.0. The molecular formula is C20H19F3N2O3. The summed E-state index contributed by atoms with van der Waals surface area (Å²) in [6, 6.07) is 8.78. The van der Waals surface area contributed by atoms with Crippen LogP contribution < -0.4 is 15.0 Å². The highest BCUT2D eigenvalue weighted by Crippen LogP contribution is 2.37. The van der Waals surface area contributed by atoms with Gasteiger partial charge in [-0.25, -0.2) is 0 Å². The van der Waals surface area contributed by atoms with Crippen LogP contribution in [-0.2, 0) is 11.0 Å². The molecule has 2 amide bonds. The average molecular weight is 392 g/mol. The number of rotatable bonds is 2. The molecule has 0 radical (unpaired) electrons. The maximum Gasteiger partial charge on any atom is 0.416 e. The molecule has 0 saturated carbocycles. The van der Waals surface area contributed by atoms with Gasteiger partial charge in [-0.15, -0.1) is 0 Å². The number of anilines is 2. The fourth-order valence-corrected chi connectivity index (χ4v) is 2.88. The third-order valence-corrected chi connectivity index (χ3v) is 4.52. The maximum absolute atomic E-state index is 12.6. The van der Waals surface area contributed by atoms with Gasteiger partial charge in [-0.3, -0.25) is 9.59 Å². The van der Waals surface area contributed by atoms with E-state index in [1.165, 1.54) is 4.90 Å². The SMILES string of the molecule is CN1C(=O)C(C)(C)COc2ccc(NC(=O)c3ccc(C(F)(F)F)cc3)cc21. The molecule has 1 aliphatic rings. The molecule has 148 valence electrons. The molecule has 0 atom stereocenters. The lowest BCUT2D eigenvalue weighted by atomic mass is 9.93. The van der Waals surface area contributed by atoms with Crippen LogP contribution in [0.3, 0.4) is 0 Å². The van der Waals surface area contributed by atoms with Gasteiger partial charge in [-0.1, -0.05) is 0 Å². The van der Waals surface area contributed by atoms with Crippen LogP contribution in [0.1, 0.15) is 29.8 Å². The van der Waals surface area contributed by atoms with Gasteiger partial charge in [0.15, 0.2) is 0 Å². The number of alkyl halides is 3. The number of halogens is 3. The number of hydrogen-bond acceptors (Lipinski definition) is 3. The molecule has 1 aliphatic heterocycles. The molecule has 0 spiro atoms. The summed E-state index contributed by atoms with van der Waals surface area (Å²) in [6.07, 6.45) is -4.46. The van der Waals surface area contributed by atoms with Gasteiger partial charge >= 0.3 is 6.18 Å². The van der Waals surface area contributed by atoms with Crippen molar-refractivity contribution < 1.29 is 27.5 Å². The van der Waals surface area contributed by atoms with Gasteiger partial charge in [0.2, 0.25) is 5.91 Å². The second-order valence-corrected chi connectivity index (χ2v) is 7.25. The second kappa shape index (κ2) is 6.85. The van der Waals surface area contributed by atoms with Gasteiger partial charge in [0.25, 0.3) is 5.91 Å². The highest BCUT2D eigenvalue weighted by atomic mass is 19.4. The number of nitrogens with one attached hydrogen (secondary N) is 1. The largest absolute Gasteiger partial charge is 0.490 e. The van der Waals surface area contributed by atoms with E-state index in [1.54, 1.807) is 39.1 Å². The Bertz CT molecular complexity index is 921. The summed E-state index contributed by atoms with van der Waals surface area (Å²) in [5.74, 6) is -0.177. The van der Waals surface area contributed by atoms with Gasteiger partial charge in [0, 0.05) is 18.3 Å². The summed E-state index contributed by atoms with van der Waals surface area (Å²) in [7, 11) is 1.62. The van der Waals surface area contributed by atoms with E-state index in [4.69, 9.17) is 4.74 Å². The molecule has 1 N–H and O–H groups in total. The molecule has 0 aromatic heterocycles. The average Bonchev–Trinajstić information content (AvgIpc) is 2.72. The van der Waals surface area contributed by atoms with E-state index in [0.717, 1.165) is 24.3 Å². The third kappa shape index (κ3) is 3.81. The smallest absolute Gasteiger partial charge is 0.416 e. The Kier molecular flexibility index (Phi) is 4.82. The molecule has 1 heterocycles. The van der Waals surface area contributed by atoms with Crippen molar-refractivity contribution in [2.75, 3.05) is 23.9 Å². The number of benzene rings is 2. The molecule has 3 rings (SSSR count). The summed E-state index contributed by atoms with van der Waals surface area (Å²) in [5, 5.41) is 2.63. The summed E-state index contributed by atoms with van der Waals surface area (Å²) in [5.41, 5.74) is -0.539. The lowest BCUT2D eigenvalue weighted by Gasteiger charge is -2.24. The number of hydrogen-bond donors (Lipinski definition) is 1. The van der Waals surface area contributed by atoms with E-state index >= 15 is 0 Å². The van der Waals surface area contributed by atoms with E-state index in [9.17, 15) is 22.8 Å². The van der Waals surface area contributed by atoms with Gasteiger partial charge in [-0.05, 0) is 56.3 Å². The highest BCUT2D eigenvalue weighted by molar-refractivity contribution is 6.05. The lowest BCUT2D eigenvalue weighted by Crippen LogP contribution is -2.39. The van der Waals surface area contributed by atoms with E-state index in [1.807, 2.05) is 0 Å². The van der Waals surface area contributed by atoms with Crippen molar-refractivity contribution in [3.63, 3.8) is 0 Å². The van der Waals surface area contributed by atoms with Crippen LogP contribution in [0.5, 0.6) is 5.75 Å². The van der Waals surface area contributed by atoms with Gasteiger partial charge in [0.05, 0.1) is 16.7 Å². The van der Waals surface area contributed by atoms with Crippen LogP contribution in [0.2, 0.25) is 0 Å². The van der Waals surface area contributed by atoms with E-state index in [2.05, 4.69) is 5.32 Å². The first-order valence-corrected chi connectivity index (χ1v) is 8.53. The van der Waals surface area contributed by atoms with E-state index < -0.39 is 23.1 Å². The predicted octanol–water partition coefficient (Wildman–Crippen LogP) is 4.34. The van der Waals surface area contributed by atoms with Crippen LogP contribution in [0.25, 0.3) is 0 Å². The molecule has 0 bridgehead atoms. The minimum absolute atomic E-state index is 0.0877. The molecule has 2 aromatic carbocycles. The first-order valence-electron chi connectivity index (χ1n) is 8.53. The van der Waals surface area contributed by atoms with E-state index in [0.29, 0.717) is 17.1 Å². The Morgan fingerprint density at radius 1 is 1.14 bits per heavy atom. The normalized spacial score (nSPS) is 16.1. The summed E-state index contributed by atoms with van der Waals surface area (Å²) in [4.78, 5) is 26.4. The first kappa shape index (κ1) is 19.7. The van der Waals surface area contributed by atoms with Crippen LogP contribution >= 0.6 is 0 Å². The number of fused-ring (bicyclic) bond motifs is 1. The van der Waals surface area contributed by atoms with Crippen LogP contribution in [0, 0.1) is 5.41 Å². The molecule has 2 aromatic rings. The van der Waals surface area contributed by atoms with Gasteiger partial charge in [-0.2, -0.15) is 13.2 Å². The lowest BCUT2D eigenvalue weighted by molar-refractivity contribution is -0.137. The Morgan fingerprint density at radius 2 is 1.79 bits per heavy atom. The van der Waals surface area contributed by atoms with E-state index in [-0.39, 0.29) is 18.1 Å². The quantitative estimate of drug-likeness (QED) is 0.827. The van der Waals surface area contributed by atoms with Gasteiger partial charge < -0.3 is 15.0 Å². The second-order valence-electron chi connectivity index (χ2n) is 7.25. The fraction of sp³-hybridized carbons (Fsp3) is 0.300. The summed E-state index contributed by atoms with van der Waals surface area (Å²) in [6.45, 7) is 3.79. The Labute approximate surface area is 160 Å². The summed E-state index contributed by atoms with van der Waals surface area (Å²) < 4.78 is 43.6. The number of ether oxygens (including phenoxy) is 1.